The van der Waals surface area contributed by atoms with Gasteiger partial charge in [-0.05, 0) is 25.1 Å². The van der Waals surface area contributed by atoms with Gasteiger partial charge < -0.3 is 10.3 Å². The lowest BCUT2D eigenvalue weighted by Crippen LogP contribution is -2.13. The third-order valence-corrected chi connectivity index (χ3v) is 6.09. The van der Waals surface area contributed by atoms with Gasteiger partial charge in [-0.3, -0.25) is 4.79 Å². The molecule has 3 heterocycles. The summed E-state index contributed by atoms with van der Waals surface area (Å²) < 4.78 is 3.84. The number of nitrogens with zero attached hydrogens (tertiary/aromatic N) is 5. The second-order valence-electron chi connectivity index (χ2n) is 5.78. The summed E-state index contributed by atoms with van der Waals surface area (Å²) in [4.78, 5) is 13.1. The van der Waals surface area contributed by atoms with Crippen molar-refractivity contribution in [3.8, 4) is 16.4 Å². The Morgan fingerprint density at radius 2 is 2.04 bits per heavy atom. The van der Waals surface area contributed by atoms with Gasteiger partial charge in [0.15, 0.2) is 11.0 Å². The number of para-hydroxylation sites is 1. The molecule has 0 aliphatic rings. The first-order chi connectivity index (χ1) is 12.5. The van der Waals surface area contributed by atoms with Crippen LogP contribution in [-0.4, -0.2) is 36.2 Å². The molecule has 0 unspecified atom stereocenters. The number of fused-ring (bicyclic) bond motifs is 1. The summed E-state index contributed by atoms with van der Waals surface area (Å²) in [5.74, 6) is 0.567. The van der Waals surface area contributed by atoms with Gasteiger partial charge in [0.05, 0.1) is 22.0 Å². The maximum absolute atomic E-state index is 11.0. The lowest BCUT2D eigenvalue weighted by Gasteiger charge is -2.02. The van der Waals surface area contributed by atoms with Crippen LogP contribution in [0.25, 0.3) is 26.6 Å². The van der Waals surface area contributed by atoms with Crippen molar-refractivity contribution in [3.05, 3.63) is 42.1 Å². The van der Waals surface area contributed by atoms with Gasteiger partial charge in [0.25, 0.3) is 0 Å². The minimum absolute atomic E-state index is 0.181. The van der Waals surface area contributed by atoms with Crippen LogP contribution in [0.1, 0.15) is 5.69 Å². The zero-order valence-corrected chi connectivity index (χ0v) is 15.8. The van der Waals surface area contributed by atoms with E-state index in [0.29, 0.717) is 5.16 Å². The zero-order chi connectivity index (χ0) is 18.3. The molecule has 0 atom stereocenters. The number of carbonyl (C=O) groups excluding carboxylic acids is 1. The van der Waals surface area contributed by atoms with E-state index in [1.54, 1.807) is 11.3 Å². The van der Waals surface area contributed by atoms with Gasteiger partial charge in [-0.15, -0.1) is 21.5 Å². The Morgan fingerprint density at radius 3 is 2.77 bits per heavy atom. The summed E-state index contributed by atoms with van der Waals surface area (Å²) in [5, 5.41) is 14.9. The first-order valence-corrected chi connectivity index (χ1v) is 9.70. The van der Waals surface area contributed by atoms with Crippen LogP contribution in [0.4, 0.5) is 0 Å². The van der Waals surface area contributed by atoms with Crippen LogP contribution in [0.15, 0.2) is 41.6 Å². The van der Waals surface area contributed by atoms with Crippen LogP contribution in [0.3, 0.4) is 0 Å². The van der Waals surface area contributed by atoms with Gasteiger partial charge in [0.2, 0.25) is 5.91 Å². The molecule has 0 aliphatic heterocycles. The lowest BCUT2D eigenvalue weighted by atomic mass is 10.3. The van der Waals surface area contributed by atoms with Crippen molar-refractivity contribution in [2.45, 2.75) is 12.1 Å². The number of hydrogen-bond acceptors (Lipinski definition) is 6. The molecule has 4 aromatic rings. The summed E-state index contributed by atoms with van der Waals surface area (Å²) in [6.45, 7) is 2.00. The molecular formula is C17H16N6OS2. The number of benzene rings is 1. The maximum Gasteiger partial charge on any atom is 0.227 e. The lowest BCUT2D eigenvalue weighted by molar-refractivity contribution is -0.115. The molecule has 7 nitrogen and oxygen atoms in total. The van der Waals surface area contributed by atoms with Crippen molar-refractivity contribution in [2.75, 3.05) is 5.75 Å². The molecule has 2 N–H and O–H groups in total. The summed E-state index contributed by atoms with van der Waals surface area (Å²) in [5.41, 5.74) is 7.20. The number of aromatic nitrogens is 5. The number of thiophene rings is 1. The Kier molecular flexibility index (Phi) is 4.25. The van der Waals surface area contributed by atoms with Crippen molar-refractivity contribution in [1.29, 1.82) is 0 Å². The molecule has 1 aromatic carbocycles. The normalized spacial score (nSPS) is 11.3. The van der Waals surface area contributed by atoms with E-state index in [0.717, 1.165) is 32.3 Å². The first kappa shape index (κ1) is 16.8. The number of aryl methyl sites for hydroxylation is 1. The predicted molar refractivity (Wildman–Crippen MR) is 104 cm³/mol. The van der Waals surface area contributed by atoms with Crippen molar-refractivity contribution in [1.82, 2.24) is 24.5 Å². The number of thioether (sulfide) groups is 1. The maximum atomic E-state index is 11.0. The average molecular weight is 384 g/mol. The number of carbonyl (C=O) groups is 1. The van der Waals surface area contributed by atoms with E-state index in [-0.39, 0.29) is 11.7 Å². The number of hydrogen-bond donors (Lipinski definition) is 1. The standard InChI is InChI=1S/C17H16N6OS2/c1-10-12-8-13(15-19-20-17(22(15)2)25-9-14(18)24)26-16(12)23(21-10)11-6-4-3-5-7-11/h3-8H,9H2,1-2H3,(H2,18,24). The highest BCUT2D eigenvalue weighted by molar-refractivity contribution is 7.99. The van der Waals surface area contributed by atoms with Gasteiger partial charge in [-0.1, -0.05) is 30.0 Å². The van der Waals surface area contributed by atoms with E-state index in [4.69, 9.17) is 5.73 Å². The van der Waals surface area contributed by atoms with Gasteiger partial charge in [-0.25, -0.2) is 4.68 Å². The van der Waals surface area contributed by atoms with E-state index in [1.807, 2.05) is 53.6 Å². The molecule has 26 heavy (non-hydrogen) atoms. The van der Waals surface area contributed by atoms with Crippen LogP contribution < -0.4 is 5.73 Å². The molecule has 0 bridgehead atoms. The fraction of sp³-hybridized carbons (Fsp3) is 0.176. The number of amides is 1. The van der Waals surface area contributed by atoms with Crippen LogP contribution in [0.5, 0.6) is 0 Å². The van der Waals surface area contributed by atoms with Crippen LogP contribution in [-0.2, 0) is 11.8 Å². The SMILES string of the molecule is Cc1nn(-c2ccccc2)c2sc(-c3nnc(SCC(N)=O)n3C)cc12. The summed E-state index contributed by atoms with van der Waals surface area (Å²) in [6.07, 6.45) is 0. The van der Waals surface area contributed by atoms with Gasteiger partial charge in [0.1, 0.15) is 4.83 Å². The number of primary amides is 1. The monoisotopic (exact) mass is 384 g/mol. The minimum Gasteiger partial charge on any atom is -0.369 e. The zero-order valence-electron chi connectivity index (χ0n) is 14.2. The van der Waals surface area contributed by atoms with Crippen molar-refractivity contribution >= 4 is 39.2 Å². The van der Waals surface area contributed by atoms with Gasteiger partial charge in [0, 0.05) is 12.4 Å². The molecular weight excluding hydrogens is 368 g/mol. The van der Waals surface area contributed by atoms with E-state index >= 15 is 0 Å². The molecule has 132 valence electrons. The molecule has 0 spiro atoms. The van der Waals surface area contributed by atoms with E-state index < -0.39 is 0 Å². The molecule has 0 fully saturated rings. The fourth-order valence-corrected chi connectivity index (χ4v) is 4.55. The number of rotatable bonds is 5. The largest absolute Gasteiger partial charge is 0.369 e. The van der Waals surface area contributed by atoms with Crippen molar-refractivity contribution in [2.24, 2.45) is 12.8 Å². The second kappa shape index (κ2) is 6.58. The molecule has 3 aromatic heterocycles. The Labute approximate surface area is 157 Å². The molecule has 0 radical (unpaired) electrons. The van der Waals surface area contributed by atoms with Crippen molar-refractivity contribution < 1.29 is 4.79 Å². The van der Waals surface area contributed by atoms with E-state index in [1.165, 1.54) is 11.8 Å². The highest BCUT2D eigenvalue weighted by Crippen LogP contribution is 2.36. The summed E-state index contributed by atoms with van der Waals surface area (Å²) >= 11 is 2.91. The smallest absolute Gasteiger partial charge is 0.227 e. The quantitative estimate of drug-likeness (QED) is 0.534. The summed E-state index contributed by atoms with van der Waals surface area (Å²) in [7, 11) is 1.89. The Balaban J connectivity index is 1.76. The molecule has 0 saturated heterocycles. The van der Waals surface area contributed by atoms with Crippen molar-refractivity contribution in [3.63, 3.8) is 0 Å². The fourth-order valence-electron chi connectivity index (χ4n) is 2.69. The van der Waals surface area contributed by atoms with Gasteiger partial charge >= 0.3 is 0 Å². The topological polar surface area (TPSA) is 91.6 Å². The molecule has 0 saturated carbocycles. The Bertz CT molecular complexity index is 1100. The third-order valence-electron chi connectivity index (χ3n) is 3.94. The third kappa shape index (κ3) is 2.89. The van der Waals surface area contributed by atoms with E-state index in [2.05, 4.69) is 21.4 Å². The Morgan fingerprint density at radius 1 is 1.27 bits per heavy atom. The molecule has 4 rings (SSSR count). The van der Waals surface area contributed by atoms with Crippen LogP contribution >= 0.6 is 23.1 Å². The number of nitrogens with two attached hydrogens (primary N) is 1. The highest BCUT2D eigenvalue weighted by Gasteiger charge is 2.18. The van der Waals surface area contributed by atoms with Crippen LogP contribution in [0, 0.1) is 6.92 Å². The molecule has 9 heteroatoms. The molecule has 1 amide bonds. The minimum atomic E-state index is -0.375. The first-order valence-electron chi connectivity index (χ1n) is 7.90. The summed E-state index contributed by atoms with van der Waals surface area (Å²) in [6, 6.07) is 12.1. The highest BCUT2D eigenvalue weighted by atomic mass is 32.2. The Hall–Kier alpha value is -2.65. The van der Waals surface area contributed by atoms with Crippen LogP contribution in [0.2, 0.25) is 0 Å². The second-order valence-corrected chi connectivity index (χ2v) is 7.76. The van der Waals surface area contributed by atoms with Gasteiger partial charge in [-0.2, -0.15) is 5.10 Å². The van der Waals surface area contributed by atoms with E-state index in [9.17, 15) is 4.79 Å². The molecule has 0 aliphatic carbocycles. The predicted octanol–water partition coefficient (Wildman–Crippen LogP) is 2.77. The average Bonchev–Trinajstić information content (AvgIpc) is 3.29.